The number of pyridine rings is 1. The molecule has 1 aliphatic rings. The minimum Gasteiger partial charge on any atom is -0.488 e. The molecular weight excluding hydrogens is 456 g/mol. The number of amides is 2. The highest BCUT2D eigenvalue weighted by atomic mass is 35.5. The molecule has 0 spiro atoms. The minimum absolute atomic E-state index is 0.133. The van der Waals surface area contributed by atoms with Crippen LogP contribution in [-0.4, -0.2) is 66.4 Å². The molecule has 0 saturated carbocycles. The maximum atomic E-state index is 13.1. The van der Waals surface area contributed by atoms with E-state index in [0.717, 1.165) is 0 Å². The number of carbonyl (C=O) groups excluding carboxylic acids is 2. The number of rotatable bonds is 3. The number of likely N-dealkylation sites (N-methyl/N-ethyl adjacent to an activating group) is 1. The number of aromatic nitrogens is 1. The first-order valence-corrected chi connectivity index (χ1v) is 11.3. The van der Waals surface area contributed by atoms with Crippen molar-refractivity contribution in [1.82, 2.24) is 14.8 Å². The average molecular weight is 481 g/mol. The Kier molecular flexibility index (Phi) is 7.61. The van der Waals surface area contributed by atoms with Crippen molar-refractivity contribution in [2.45, 2.75) is 0 Å². The molecule has 0 saturated heterocycles. The number of nitrogens with zero attached hydrogens (tertiary/aromatic N) is 3. The van der Waals surface area contributed by atoms with Crippen LogP contribution in [0.5, 0.6) is 17.4 Å². The molecule has 0 bridgehead atoms. The van der Waals surface area contributed by atoms with Gasteiger partial charge in [0.25, 0.3) is 5.91 Å². The first-order valence-electron chi connectivity index (χ1n) is 10.9. The van der Waals surface area contributed by atoms with E-state index in [-0.39, 0.29) is 24.2 Å². The van der Waals surface area contributed by atoms with Crippen LogP contribution in [0.1, 0.15) is 10.4 Å². The lowest BCUT2D eigenvalue weighted by atomic mass is 10.2. The Morgan fingerprint density at radius 2 is 1.88 bits per heavy atom. The summed E-state index contributed by atoms with van der Waals surface area (Å²) < 4.78 is 11.9. The third-order valence-electron chi connectivity index (χ3n) is 5.30. The Hall–Kier alpha value is -3.62. The Bertz CT molecular complexity index is 1170. The second-order valence-corrected chi connectivity index (χ2v) is 8.25. The Morgan fingerprint density at radius 3 is 2.71 bits per heavy atom. The number of halogens is 1. The topological polar surface area (TPSA) is 84.0 Å². The van der Waals surface area contributed by atoms with Crippen molar-refractivity contribution in [3.63, 3.8) is 0 Å². The molecular formula is C25H25ClN4O4. The summed E-state index contributed by atoms with van der Waals surface area (Å²) in [6, 6.07) is 17.6. The van der Waals surface area contributed by atoms with E-state index in [1.165, 1.54) is 0 Å². The number of ether oxygens (including phenoxy) is 2. The smallest absolute Gasteiger partial charge is 0.259 e. The number of hydrogen-bond acceptors (Lipinski definition) is 6. The van der Waals surface area contributed by atoms with Crippen LogP contribution in [0.15, 0.2) is 66.9 Å². The predicted octanol–water partition coefficient (Wildman–Crippen LogP) is 3.93. The fourth-order valence-corrected chi connectivity index (χ4v) is 3.71. The molecule has 2 heterocycles. The number of nitrogens with one attached hydrogen (secondary N) is 1. The summed E-state index contributed by atoms with van der Waals surface area (Å²) in [5.41, 5.74) is 0.978. The lowest BCUT2D eigenvalue weighted by Gasteiger charge is -2.25. The van der Waals surface area contributed by atoms with Crippen molar-refractivity contribution < 1.29 is 19.1 Å². The zero-order valence-corrected chi connectivity index (χ0v) is 19.5. The first kappa shape index (κ1) is 23.5. The molecule has 2 aromatic carbocycles. The first-order chi connectivity index (χ1) is 16.5. The summed E-state index contributed by atoms with van der Waals surface area (Å²) in [6.07, 6.45) is 1.58. The van der Waals surface area contributed by atoms with Gasteiger partial charge in [0.15, 0.2) is 11.5 Å². The third kappa shape index (κ3) is 6.03. The Labute approximate surface area is 203 Å². The summed E-state index contributed by atoms with van der Waals surface area (Å²) in [5.74, 6) is 0.806. The third-order valence-corrected chi connectivity index (χ3v) is 5.53. The molecule has 1 N–H and O–H groups in total. The molecule has 1 aromatic heterocycles. The van der Waals surface area contributed by atoms with Gasteiger partial charge in [-0.15, -0.1) is 0 Å². The fraction of sp³-hybridized carbons (Fsp3) is 0.240. The van der Waals surface area contributed by atoms with E-state index in [1.54, 1.807) is 66.7 Å². The zero-order valence-electron chi connectivity index (χ0n) is 18.7. The van der Waals surface area contributed by atoms with Gasteiger partial charge in [-0.2, -0.15) is 0 Å². The van der Waals surface area contributed by atoms with Gasteiger partial charge >= 0.3 is 0 Å². The van der Waals surface area contributed by atoms with Crippen LogP contribution in [0.4, 0.5) is 5.69 Å². The number of hydrogen-bond donors (Lipinski definition) is 1. The molecule has 34 heavy (non-hydrogen) atoms. The zero-order chi connectivity index (χ0) is 23.9. The molecule has 0 unspecified atom stereocenters. The summed E-state index contributed by atoms with van der Waals surface area (Å²) in [5, 5.41) is 3.41. The number of fused-ring (bicyclic) bond motifs is 2. The molecule has 0 fully saturated rings. The van der Waals surface area contributed by atoms with Crippen LogP contribution in [-0.2, 0) is 4.79 Å². The molecule has 4 rings (SSSR count). The lowest BCUT2D eigenvalue weighted by Crippen LogP contribution is -2.41. The molecule has 2 amide bonds. The van der Waals surface area contributed by atoms with Gasteiger partial charge in [0.05, 0.1) is 6.54 Å². The number of anilines is 1. The maximum absolute atomic E-state index is 13.1. The monoisotopic (exact) mass is 480 g/mol. The highest BCUT2D eigenvalue weighted by molar-refractivity contribution is 6.30. The highest BCUT2D eigenvalue weighted by Gasteiger charge is 2.21. The second kappa shape index (κ2) is 11.0. The molecule has 9 heteroatoms. The van der Waals surface area contributed by atoms with E-state index in [1.807, 2.05) is 17.0 Å². The second-order valence-electron chi connectivity index (χ2n) is 7.81. The van der Waals surface area contributed by atoms with E-state index < -0.39 is 0 Å². The van der Waals surface area contributed by atoms with Gasteiger partial charge in [0.1, 0.15) is 12.2 Å². The van der Waals surface area contributed by atoms with Gasteiger partial charge < -0.3 is 19.7 Å². The van der Waals surface area contributed by atoms with Gasteiger partial charge in [-0.1, -0.05) is 29.8 Å². The quantitative estimate of drug-likeness (QED) is 0.611. The summed E-state index contributed by atoms with van der Waals surface area (Å²) in [6.45, 7) is 1.83. The fourth-order valence-electron chi connectivity index (χ4n) is 3.52. The highest BCUT2D eigenvalue weighted by Crippen LogP contribution is 2.32. The normalized spacial score (nSPS) is 14.9. The number of para-hydroxylation sites is 2. The van der Waals surface area contributed by atoms with Gasteiger partial charge in [-0.05, 0) is 42.5 Å². The van der Waals surface area contributed by atoms with Crippen molar-refractivity contribution in [2.24, 2.45) is 0 Å². The Balaban J connectivity index is 1.53. The van der Waals surface area contributed by atoms with E-state index >= 15 is 0 Å². The van der Waals surface area contributed by atoms with Gasteiger partial charge in [0, 0.05) is 43.6 Å². The molecule has 1 aliphatic heterocycles. The summed E-state index contributed by atoms with van der Waals surface area (Å²) in [7, 11) is 1.72. The van der Waals surface area contributed by atoms with Crippen LogP contribution in [0.3, 0.4) is 0 Å². The van der Waals surface area contributed by atoms with E-state index in [4.69, 9.17) is 21.1 Å². The minimum atomic E-state index is -0.218. The molecule has 0 aliphatic carbocycles. The SMILES string of the molecule is CN1CCN(CC(=O)Nc2cccc(Cl)c2)CCOc2ccccc2Oc2ncccc2C1=O. The number of carbonyl (C=O) groups is 2. The van der Waals surface area contributed by atoms with Crippen LogP contribution >= 0.6 is 11.6 Å². The maximum Gasteiger partial charge on any atom is 0.259 e. The molecule has 0 atom stereocenters. The average Bonchev–Trinajstić information content (AvgIpc) is 2.83. The standard InChI is InChI=1S/C25H25ClN4O4/c1-29-12-13-30(17-23(31)28-19-7-4-6-18(26)16-19)14-15-33-21-9-2-3-10-22(21)34-24-20(25(29)32)8-5-11-27-24/h2-11,16H,12-15,17H2,1H3,(H,28,31). The van der Waals surface area contributed by atoms with Crippen LogP contribution in [0.25, 0.3) is 0 Å². The van der Waals surface area contributed by atoms with Crippen molar-refractivity contribution >= 4 is 29.1 Å². The van der Waals surface area contributed by atoms with Crippen molar-refractivity contribution in [3.8, 4) is 17.4 Å². The molecule has 8 nitrogen and oxygen atoms in total. The van der Waals surface area contributed by atoms with Crippen molar-refractivity contribution in [3.05, 3.63) is 77.4 Å². The number of benzene rings is 2. The molecule has 3 aromatic rings. The van der Waals surface area contributed by atoms with E-state index in [9.17, 15) is 9.59 Å². The van der Waals surface area contributed by atoms with Gasteiger partial charge in [-0.25, -0.2) is 4.98 Å². The van der Waals surface area contributed by atoms with Gasteiger partial charge in [0.2, 0.25) is 11.8 Å². The predicted molar refractivity (Wildman–Crippen MR) is 130 cm³/mol. The summed E-state index contributed by atoms with van der Waals surface area (Å²) in [4.78, 5) is 33.6. The van der Waals surface area contributed by atoms with Gasteiger partial charge in [-0.3, -0.25) is 14.5 Å². The van der Waals surface area contributed by atoms with Crippen LogP contribution < -0.4 is 14.8 Å². The molecule has 176 valence electrons. The Morgan fingerprint density at radius 1 is 1.06 bits per heavy atom. The van der Waals surface area contributed by atoms with E-state index in [0.29, 0.717) is 54.0 Å². The summed E-state index contributed by atoms with van der Waals surface area (Å²) >= 11 is 6.01. The van der Waals surface area contributed by atoms with E-state index in [2.05, 4.69) is 10.3 Å². The lowest BCUT2D eigenvalue weighted by molar-refractivity contribution is -0.117. The molecule has 0 radical (unpaired) electrons. The van der Waals surface area contributed by atoms with Crippen molar-refractivity contribution in [1.29, 1.82) is 0 Å². The van der Waals surface area contributed by atoms with Crippen LogP contribution in [0, 0.1) is 0 Å². The van der Waals surface area contributed by atoms with Crippen molar-refractivity contribution in [2.75, 3.05) is 45.2 Å². The largest absolute Gasteiger partial charge is 0.488 e. The van der Waals surface area contributed by atoms with Crippen LogP contribution in [0.2, 0.25) is 5.02 Å².